The van der Waals surface area contributed by atoms with Crippen molar-refractivity contribution >= 4 is 5.82 Å². The molecule has 0 saturated carbocycles. The van der Waals surface area contributed by atoms with Gasteiger partial charge >= 0.3 is 0 Å². The van der Waals surface area contributed by atoms with Crippen LogP contribution in [0.25, 0.3) is 0 Å². The standard InChI is InChI=1S/C14H21N3O/c1-10-5-6-16-13(12(10)8-15)17-9-11(18)7-14(2,3)4/h5-6,11,18H,7,9H2,1-4H3,(H,16,17). The molecule has 0 bridgehead atoms. The van der Waals surface area contributed by atoms with Crippen LogP contribution in [-0.2, 0) is 0 Å². The molecule has 0 aliphatic carbocycles. The normalized spacial score (nSPS) is 12.9. The molecule has 98 valence electrons. The molecular formula is C14H21N3O. The molecule has 1 rings (SSSR count). The highest BCUT2D eigenvalue weighted by molar-refractivity contribution is 5.55. The van der Waals surface area contributed by atoms with E-state index in [2.05, 4.69) is 37.1 Å². The first-order valence-electron chi connectivity index (χ1n) is 6.11. The molecule has 18 heavy (non-hydrogen) atoms. The van der Waals surface area contributed by atoms with E-state index in [1.807, 2.05) is 6.92 Å². The maximum Gasteiger partial charge on any atom is 0.144 e. The number of nitrogens with zero attached hydrogens (tertiary/aromatic N) is 2. The second kappa shape index (κ2) is 5.83. The average Bonchev–Trinajstić information content (AvgIpc) is 2.24. The van der Waals surface area contributed by atoms with Crippen LogP contribution in [0.3, 0.4) is 0 Å². The lowest BCUT2D eigenvalue weighted by Crippen LogP contribution is -2.25. The second-order valence-electron chi connectivity index (χ2n) is 5.76. The maximum absolute atomic E-state index is 9.91. The SMILES string of the molecule is Cc1ccnc(NCC(O)CC(C)(C)C)c1C#N. The number of nitrogens with one attached hydrogen (secondary N) is 1. The van der Waals surface area contributed by atoms with Gasteiger partial charge in [-0.25, -0.2) is 4.98 Å². The van der Waals surface area contributed by atoms with E-state index in [1.165, 1.54) is 0 Å². The van der Waals surface area contributed by atoms with E-state index in [4.69, 9.17) is 5.26 Å². The van der Waals surface area contributed by atoms with Gasteiger partial charge < -0.3 is 10.4 Å². The third-order valence-corrected chi connectivity index (χ3v) is 2.62. The Morgan fingerprint density at radius 3 is 2.72 bits per heavy atom. The number of hydrogen-bond acceptors (Lipinski definition) is 4. The summed E-state index contributed by atoms with van der Waals surface area (Å²) in [4.78, 5) is 4.13. The molecule has 4 nitrogen and oxygen atoms in total. The first kappa shape index (κ1) is 14.5. The number of hydrogen-bond donors (Lipinski definition) is 2. The lowest BCUT2D eigenvalue weighted by atomic mass is 9.89. The van der Waals surface area contributed by atoms with Gasteiger partial charge in [0.2, 0.25) is 0 Å². The Labute approximate surface area is 109 Å². The maximum atomic E-state index is 9.91. The van der Waals surface area contributed by atoms with E-state index in [1.54, 1.807) is 12.3 Å². The highest BCUT2D eigenvalue weighted by Gasteiger charge is 2.17. The molecule has 1 aromatic heterocycles. The molecule has 0 spiro atoms. The number of aryl methyl sites for hydroxylation is 1. The minimum absolute atomic E-state index is 0.0825. The van der Waals surface area contributed by atoms with Crippen LogP contribution in [0.1, 0.15) is 38.3 Å². The predicted octanol–water partition coefficient (Wildman–Crippen LogP) is 2.47. The number of pyridine rings is 1. The van der Waals surface area contributed by atoms with E-state index in [0.29, 0.717) is 24.3 Å². The zero-order chi connectivity index (χ0) is 13.8. The van der Waals surface area contributed by atoms with Gasteiger partial charge in [0.15, 0.2) is 0 Å². The summed E-state index contributed by atoms with van der Waals surface area (Å²) in [6.07, 6.45) is 1.92. The van der Waals surface area contributed by atoms with Gasteiger partial charge in [-0.15, -0.1) is 0 Å². The fourth-order valence-electron chi connectivity index (χ4n) is 1.83. The molecular weight excluding hydrogens is 226 g/mol. The molecule has 0 aliphatic heterocycles. The molecule has 0 aliphatic rings. The van der Waals surface area contributed by atoms with Crippen LogP contribution in [0, 0.1) is 23.7 Å². The Hall–Kier alpha value is -1.60. The highest BCUT2D eigenvalue weighted by atomic mass is 16.3. The summed E-state index contributed by atoms with van der Waals surface area (Å²) in [5.74, 6) is 0.547. The number of nitriles is 1. The Morgan fingerprint density at radius 1 is 1.50 bits per heavy atom. The van der Waals surface area contributed by atoms with Crippen LogP contribution in [0.5, 0.6) is 0 Å². The van der Waals surface area contributed by atoms with E-state index in [9.17, 15) is 5.11 Å². The first-order valence-corrected chi connectivity index (χ1v) is 6.11. The summed E-state index contributed by atoms with van der Waals surface area (Å²) < 4.78 is 0. The van der Waals surface area contributed by atoms with Crippen molar-refractivity contribution in [2.75, 3.05) is 11.9 Å². The van der Waals surface area contributed by atoms with Gasteiger partial charge in [0.1, 0.15) is 11.9 Å². The minimum Gasteiger partial charge on any atom is -0.391 e. The number of rotatable bonds is 4. The van der Waals surface area contributed by atoms with Crippen molar-refractivity contribution in [1.29, 1.82) is 5.26 Å². The molecule has 1 unspecified atom stereocenters. The molecule has 1 atom stereocenters. The predicted molar refractivity (Wildman–Crippen MR) is 72.3 cm³/mol. The van der Waals surface area contributed by atoms with E-state index < -0.39 is 6.10 Å². The first-order chi connectivity index (χ1) is 8.33. The van der Waals surface area contributed by atoms with Crippen molar-refractivity contribution in [3.05, 3.63) is 23.4 Å². The zero-order valence-corrected chi connectivity index (χ0v) is 11.5. The van der Waals surface area contributed by atoms with Gasteiger partial charge in [0, 0.05) is 12.7 Å². The topological polar surface area (TPSA) is 68.9 Å². The molecule has 0 radical (unpaired) electrons. The summed E-state index contributed by atoms with van der Waals surface area (Å²) in [7, 11) is 0. The number of aliphatic hydroxyl groups is 1. The number of anilines is 1. The lowest BCUT2D eigenvalue weighted by Gasteiger charge is -2.22. The van der Waals surface area contributed by atoms with Gasteiger partial charge in [0.05, 0.1) is 11.7 Å². The van der Waals surface area contributed by atoms with Crippen molar-refractivity contribution in [1.82, 2.24) is 4.98 Å². The summed E-state index contributed by atoms with van der Waals surface area (Å²) in [6.45, 7) is 8.53. The van der Waals surface area contributed by atoms with Gasteiger partial charge in [-0.05, 0) is 30.4 Å². The molecule has 4 heteroatoms. The minimum atomic E-state index is -0.446. The number of aliphatic hydroxyl groups excluding tert-OH is 1. The summed E-state index contributed by atoms with van der Waals surface area (Å²) in [5, 5.41) is 22.0. The Morgan fingerprint density at radius 2 is 2.17 bits per heavy atom. The Bertz CT molecular complexity index is 443. The lowest BCUT2D eigenvalue weighted by molar-refractivity contribution is 0.132. The van der Waals surface area contributed by atoms with Gasteiger partial charge in [-0.2, -0.15) is 5.26 Å². The Balaban J connectivity index is 2.65. The monoisotopic (exact) mass is 247 g/mol. The average molecular weight is 247 g/mol. The summed E-state index contributed by atoms with van der Waals surface area (Å²) in [6, 6.07) is 3.93. The second-order valence-corrected chi connectivity index (χ2v) is 5.76. The van der Waals surface area contributed by atoms with Crippen molar-refractivity contribution in [2.45, 2.75) is 40.2 Å². The van der Waals surface area contributed by atoms with Crippen molar-refractivity contribution < 1.29 is 5.11 Å². The van der Waals surface area contributed by atoms with Crippen molar-refractivity contribution in [2.24, 2.45) is 5.41 Å². The van der Waals surface area contributed by atoms with Gasteiger partial charge in [-0.1, -0.05) is 20.8 Å². The summed E-state index contributed by atoms with van der Waals surface area (Å²) in [5.41, 5.74) is 1.51. The quantitative estimate of drug-likeness (QED) is 0.857. The largest absolute Gasteiger partial charge is 0.391 e. The van der Waals surface area contributed by atoms with E-state index >= 15 is 0 Å². The molecule has 0 aromatic carbocycles. The van der Waals surface area contributed by atoms with Crippen LogP contribution < -0.4 is 5.32 Å². The van der Waals surface area contributed by atoms with E-state index in [0.717, 1.165) is 5.56 Å². The van der Waals surface area contributed by atoms with Crippen molar-refractivity contribution in [3.63, 3.8) is 0 Å². The number of aromatic nitrogens is 1. The molecule has 0 saturated heterocycles. The van der Waals surface area contributed by atoms with Crippen molar-refractivity contribution in [3.8, 4) is 6.07 Å². The fourth-order valence-corrected chi connectivity index (χ4v) is 1.83. The van der Waals surface area contributed by atoms with Gasteiger partial charge in [0.25, 0.3) is 0 Å². The highest BCUT2D eigenvalue weighted by Crippen LogP contribution is 2.21. The summed E-state index contributed by atoms with van der Waals surface area (Å²) >= 11 is 0. The van der Waals surface area contributed by atoms with E-state index in [-0.39, 0.29) is 5.41 Å². The molecule has 2 N–H and O–H groups in total. The van der Waals surface area contributed by atoms with Crippen LogP contribution in [-0.4, -0.2) is 22.7 Å². The Kier molecular flexibility index (Phi) is 4.69. The third kappa shape index (κ3) is 4.34. The van der Waals surface area contributed by atoms with Crippen LogP contribution in [0.15, 0.2) is 12.3 Å². The molecule has 0 fully saturated rings. The smallest absolute Gasteiger partial charge is 0.144 e. The molecule has 1 heterocycles. The fraction of sp³-hybridized carbons (Fsp3) is 0.571. The van der Waals surface area contributed by atoms with Crippen LogP contribution in [0.4, 0.5) is 5.82 Å². The molecule has 0 amide bonds. The zero-order valence-electron chi connectivity index (χ0n) is 11.5. The van der Waals surface area contributed by atoms with Gasteiger partial charge in [-0.3, -0.25) is 0 Å². The molecule has 1 aromatic rings. The van der Waals surface area contributed by atoms with Crippen LogP contribution >= 0.6 is 0 Å². The van der Waals surface area contributed by atoms with Crippen LogP contribution in [0.2, 0.25) is 0 Å². The third-order valence-electron chi connectivity index (χ3n) is 2.62.